The first kappa shape index (κ1) is 78.3. The highest BCUT2D eigenvalue weighted by Crippen LogP contribution is 2.18. The summed E-state index contributed by atoms with van der Waals surface area (Å²) >= 11 is 0. The van der Waals surface area contributed by atoms with E-state index >= 15 is 0 Å². The number of amides is 10. The summed E-state index contributed by atoms with van der Waals surface area (Å²) in [4.78, 5) is 150. The number of hydrogen-bond donors (Lipinski definition) is 11. The van der Waals surface area contributed by atoms with Gasteiger partial charge in [0, 0.05) is 25.8 Å². The van der Waals surface area contributed by atoms with E-state index in [1.54, 1.807) is 146 Å². The van der Waals surface area contributed by atoms with Gasteiger partial charge in [0.1, 0.15) is 73.4 Å². The summed E-state index contributed by atoms with van der Waals surface area (Å²) < 4.78 is 22.7. The van der Waals surface area contributed by atoms with Crippen molar-refractivity contribution in [3.63, 3.8) is 0 Å². The van der Waals surface area contributed by atoms with E-state index in [0.29, 0.717) is 29.9 Å². The van der Waals surface area contributed by atoms with Crippen molar-refractivity contribution >= 4 is 65.4 Å². The molecule has 12 N–H and O–H groups in total. The molecule has 0 spiro atoms. The molecule has 0 bridgehead atoms. The quantitative estimate of drug-likeness (QED) is 0.0221. The molecule has 7 atom stereocenters. The van der Waals surface area contributed by atoms with E-state index in [9.17, 15) is 57.8 Å². The van der Waals surface area contributed by atoms with Crippen LogP contribution in [0.15, 0.2) is 146 Å². The summed E-state index contributed by atoms with van der Waals surface area (Å²) in [5.41, 5.74) is 8.28. The van der Waals surface area contributed by atoms with Gasteiger partial charge >= 0.3 is 18.2 Å². The smallest absolute Gasteiger partial charge is 0.408 e. The Hall–Kier alpha value is -10.4. The van der Waals surface area contributed by atoms with Crippen molar-refractivity contribution in [2.24, 2.45) is 17.6 Å². The van der Waals surface area contributed by atoms with Crippen molar-refractivity contribution in [3.05, 3.63) is 173 Å². The molecule has 528 valence electrons. The zero-order chi connectivity index (χ0) is 71.6. The van der Waals surface area contributed by atoms with Crippen molar-refractivity contribution in [3.8, 4) is 5.75 Å². The largest absolute Gasteiger partial charge is 0.489 e. The number of ether oxygens (including phenoxy) is 4. The monoisotopic (exact) mass is 1350 g/mol. The third-order valence-corrected chi connectivity index (χ3v) is 14.9. The third kappa shape index (κ3) is 30.1. The average Bonchev–Trinajstić information content (AvgIpc) is 0.938. The van der Waals surface area contributed by atoms with Gasteiger partial charge in [0.05, 0.1) is 13.2 Å². The van der Waals surface area contributed by atoms with E-state index in [4.69, 9.17) is 24.7 Å². The Morgan fingerprint density at radius 2 is 0.918 bits per heavy atom. The molecule has 98 heavy (non-hydrogen) atoms. The lowest BCUT2D eigenvalue weighted by Crippen LogP contribution is -2.61. The van der Waals surface area contributed by atoms with Crippen LogP contribution in [0.2, 0.25) is 0 Å². The second-order valence-corrected chi connectivity index (χ2v) is 25.3. The fraction of sp³-hybridized carbons (Fsp3) is 0.431. The number of rotatable bonds is 40. The van der Waals surface area contributed by atoms with Crippen molar-refractivity contribution < 1.29 is 76.8 Å². The Kier molecular flexibility index (Phi) is 32.7. The topological polar surface area (TPSA) is 379 Å². The van der Waals surface area contributed by atoms with Crippen LogP contribution in [0.1, 0.15) is 115 Å². The van der Waals surface area contributed by atoms with Crippen LogP contribution in [0.5, 0.6) is 5.75 Å². The molecular formula is C72H94N10O16. The number of primary amides is 1. The lowest BCUT2D eigenvalue weighted by atomic mass is 9.98. The summed E-state index contributed by atoms with van der Waals surface area (Å²) in [6, 6.07) is 33.1. The van der Waals surface area contributed by atoms with E-state index in [0.717, 1.165) is 16.7 Å². The molecule has 0 fully saturated rings. The molecule has 26 nitrogen and oxygen atoms in total. The fourth-order valence-electron chi connectivity index (χ4n) is 9.86. The first-order valence-corrected chi connectivity index (χ1v) is 32.7. The van der Waals surface area contributed by atoms with Gasteiger partial charge in [-0.1, -0.05) is 161 Å². The molecule has 0 unspecified atom stereocenters. The number of carboxylic acid groups (broad SMARTS) is 1. The van der Waals surface area contributed by atoms with E-state index in [-0.39, 0.29) is 64.2 Å². The summed E-state index contributed by atoms with van der Waals surface area (Å²) in [5.74, 6) is -8.61. The molecule has 0 heterocycles. The Labute approximate surface area is 571 Å². The highest BCUT2D eigenvalue weighted by molar-refractivity contribution is 5.98. The number of unbranched alkanes of at least 4 members (excludes halogenated alkanes) is 1. The molecule has 0 aliphatic heterocycles. The van der Waals surface area contributed by atoms with E-state index in [1.807, 2.05) is 48.5 Å². The minimum Gasteiger partial charge on any atom is -0.489 e. The average molecular weight is 1360 g/mol. The zero-order valence-corrected chi connectivity index (χ0v) is 56.6. The van der Waals surface area contributed by atoms with Gasteiger partial charge in [0.25, 0.3) is 0 Å². The van der Waals surface area contributed by atoms with Crippen LogP contribution in [0.4, 0.5) is 9.59 Å². The van der Waals surface area contributed by atoms with Gasteiger partial charge in [-0.05, 0) is 105 Å². The van der Waals surface area contributed by atoms with Gasteiger partial charge in [-0.15, -0.1) is 0 Å². The molecule has 0 saturated carbocycles. The summed E-state index contributed by atoms with van der Waals surface area (Å²) in [5, 5.41) is 33.1. The fourth-order valence-corrected chi connectivity index (χ4v) is 9.86. The molecular weight excluding hydrogens is 1260 g/mol. The van der Waals surface area contributed by atoms with Crippen LogP contribution >= 0.6 is 0 Å². The van der Waals surface area contributed by atoms with Gasteiger partial charge in [0.2, 0.25) is 47.3 Å². The van der Waals surface area contributed by atoms with Crippen LogP contribution in [0.25, 0.3) is 0 Å². The van der Waals surface area contributed by atoms with Crippen LogP contribution in [-0.2, 0) is 90.0 Å². The summed E-state index contributed by atoms with van der Waals surface area (Å²) in [6.07, 6.45) is -1.99. The SMILES string of the molecule is CC(C)C[C@H](NC(=O)[C@@H](NC(=O)[C@H](CCC(N)=O)NC(=O)[C@H](COCc1ccccc1)NC(=O)[C@H](Cc1ccc(OCc2ccccc2)cc1)NC(=O)OC(C)(C)C)C(C)C)C(=O)N[C@@H](Cc1ccccc1)C(=O)N[C@@H](CCCCNC(=O)OCc1ccccc1)C(=O)NCC(=O)O. The summed E-state index contributed by atoms with van der Waals surface area (Å²) in [7, 11) is 0. The van der Waals surface area contributed by atoms with Crippen molar-refractivity contribution in [1.82, 2.24) is 47.9 Å². The molecule has 0 aliphatic carbocycles. The van der Waals surface area contributed by atoms with Crippen molar-refractivity contribution in [2.45, 2.75) is 168 Å². The second kappa shape index (κ2) is 40.9. The molecule has 5 aromatic rings. The van der Waals surface area contributed by atoms with Crippen LogP contribution < -0.4 is 58.3 Å². The Balaban J connectivity index is 1.34. The van der Waals surface area contributed by atoms with Crippen LogP contribution in [-0.4, -0.2) is 138 Å². The highest BCUT2D eigenvalue weighted by atomic mass is 16.6. The maximum absolute atomic E-state index is 14.7. The normalized spacial score (nSPS) is 13.3. The van der Waals surface area contributed by atoms with Crippen LogP contribution in [0.3, 0.4) is 0 Å². The molecule has 5 aromatic carbocycles. The lowest BCUT2D eigenvalue weighted by molar-refractivity contribution is -0.138. The number of hydrogen-bond acceptors (Lipinski definition) is 15. The Morgan fingerprint density at radius 1 is 0.459 bits per heavy atom. The van der Waals surface area contributed by atoms with Crippen LogP contribution in [0, 0.1) is 11.8 Å². The van der Waals surface area contributed by atoms with Crippen molar-refractivity contribution in [1.29, 1.82) is 0 Å². The number of nitrogens with two attached hydrogens (primary N) is 1. The molecule has 0 aromatic heterocycles. The predicted molar refractivity (Wildman–Crippen MR) is 364 cm³/mol. The number of carbonyl (C=O) groups excluding carboxylic acids is 10. The zero-order valence-electron chi connectivity index (χ0n) is 56.6. The van der Waals surface area contributed by atoms with E-state index in [1.165, 1.54) is 0 Å². The van der Waals surface area contributed by atoms with Gasteiger partial charge in [-0.2, -0.15) is 0 Å². The molecule has 5 rings (SSSR count). The standard InChI is InChI=1S/C72H94N10O16/c1-46(2)38-56(65(88)78-57(39-48-22-12-8-13-23-48)66(89)76-54(63(86)75-41-61(84)85)30-20-21-37-74-70(93)97-44-52-28-18-11-19-29-52)79-69(92)62(47(3)4)82-64(87)55(35-36-60(73)83)77-68(91)59(45-95-42-50-24-14-9-15-25-50)80-67(90)58(81-71(94)98-72(5,6)7)40-49-31-33-53(34-32-49)96-43-51-26-16-10-17-27-51/h8-19,22-29,31-34,46-47,54-59,62H,20-21,30,35-45H2,1-7H3,(H2,73,83)(H,74,93)(H,75,86)(H,76,89)(H,77,91)(H,78,88)(H,79,92)(H,80,90)(H,81,94)(H,82,87)(H,84,85)/t54-,55-,56-,57-,58-,59-,62-/m0/s1. The Bertz CT molecular complexity index is 3380. The molecule has 26 heteroatoms. The predicted octanol–water partition coefficient (Wildman–Crippen LogP) is 5.33. The van der Waals surface area contributed by atoms with Crippen molar-refractivity contribution in [2.75, 3.05) is 19.7 Å². The van der Waals surface area contributed by atoms with E-state index in [2.05, 4.69) is 47.9 Å². The van der Waals surface area contributed by atoms with Gasteiger partial charge in [-0.3, -0.25) is 43.2 Å². The van der Waals surface area contributed by atoms with Gasteiger partial charge in [0.15, 0.2) is 0 Å². The molecule has 0 saturated heterocycles. The maximum atomic E-state index is 14.7. The number of carbonyl (C=O) groups is 11. The number of aliphatic carboxylic acids is 1. The second-order valence-electron chi connectivity index (χ2n) is 25.3. The lowest BCUT2D eigenvalue weighted by Gasteiger charge is -2.29. The first-order valence-electron chi connectivity index (χ1n) is 32.7. The van der Waals surface area contributed by atoms with Gasteiger partial charge < -0.3 is 77.6 Å². The third-order valence-electron chi connectivity index (χ3n) is 14.9. The summed E-state index contributed by atoms with van der Waals surface area (Å²) in [6.45, 7) is 11.0. The minimum atomic E-state index is -1.58. The molecule has 0 radical (unpaired) electrons. The van der Waals surface area contributed by atoms with Gasteiger partial charge in [-0.25, -0.2) is 9.59 Å². The maximum Gasteiger partial charge on any atom is 0.408 e. The van der Waals surface area contributed by atoms with E-state index < -0.39 is 139 Å². The molecule has 10 amide bonds. The number of alkyl carbamates (subject to hydrolysis) is 2. The first-order chi connectivity index (χ1) is 46.7. The minimum absolute atomic E-state index is 0.00906. The number of benzene rings is 5. The number of nitrogens with one attached hydrogen (secondary N) is 9. The highest BCUT2D eigenvalue weighted by Gasteiger charge is 2.36. The number of carboxylic acids is 1. The molecule has 0 aliphatic rings. The Morgan fingerprint density at radius 3 is 1.45 bits per heavy atom.